The van der Waals surface area contributed by atoms with E-state index in [1.54, 1.807) is 0 Å². The topological polar surface area (TPSA) is 112 Å². The van der Waals surface area contributed by atoms with Crippen molar-refractivity contribution >= 4 is 17.5 Å². The lowest BCUT2D eigenvalue weighted by molar-refractivity contribution is -0.152. The summed E-state index contributed by atoms with van der Waals surface area (Å²) in [6, 6.07) is -1.78. The molecule has 2 unspecified atom stereocenters. The molecule has 0 heterocycles. The van der Waals surface area contributed by atoms with Crippen molar-refractivity contribution in [2.75, 3.05) is 7.11 Å². The third-order valence-electron chi connectivity index (χ3n) is 1.63. The summed E-state index contributed by atoms with van der Waals surface area (Å²) in [5, 5.41) is 0. The first kappa shape index (κ1) is 12.7. The van der Waals surface area contributed by atoms with Gasteiger partial charge in [-0.2, -0.15) is 0 Å². The summed E-state index contributed by atoms with van der Waals surface area (Å²) < 4.78 is 4.17. The highest BCUT2D eigenvalue weighted by Gasteiger charge is 2.24. The highest BCUT2D eigenvalue weighted by molar-refractivity contribution is 6.34. The van der Waals surface area contributed by atoms with Crippen LogP contribution in [0.3, 0.4) is 0 Å². The Bertz CT molecular complexity index is 250. The third kappa shape index (κ3) is 3.63. The molecular formula is C8H14N2O4. The van der Waals surface area contributed by atoms with E-state index in [1.165, 1.54) is 6.92 Å². The second-order valence-electron chi connectivity index (χ2n) is 2.92. The molecule has 4 N–H and O–H groups in total. The van der Waals surface area contributed by atoms with Crippen molar-refractivity contribution in [2.24, 2.45) is 11.5 Å². The minimum Gasteiger partial charge on any atom is -0.463 e. The third-order valence-corrected chi connectivity index (χ3v) is 1.63. The van der Waals surface area contributed by atoms with E-state index in [2.05, 4.69) is 4.74 Å². The van der Waals surface area contributed by atoms with Gasteiger partial charge in [0.1, 0.15) is 0 Å². The number of esters is 1. The van der Waals surface area contributed by atoms with Gasteiger partial charge in [-0.25, -0.2) is 4.79 Å². The molecule has 6 nitrogen and oxygen atoms in total. The zero-order chi connectivity index (χ0) is 11.3. The molecule has 14 heavy (non-hydrogen) atoms. The average Bonchev–Trinajstić information content (AvgIpc) is 2.14. The van der Waals surface area contributed by atoms with Gasteiger partial charge in [-0.1, -0.05) is 0 Å². The van der Waals surface area contributed by atoms with Crippen molar-refractivity contribution in [3.05, 3.63) is 0 Å². The fraction of sp³-hybridized carbons (Fsp3) is 0.625. The Labute approximate surface area is 81.6 Å². The molecule has 0 amide bonds. The Morgan fingerprint density at radius 3 is 2.14 bits per heavy atom. The van der Waals surface area contributed by atoms with Crippen LogP contribution in [0.2, 0.25) is 0 Å². The van der Waals surface area contributed by atoms with Gasteiger partial charge in [0.25, 0.3) is 0 Å². The fourth-order valence-corrected chi connectivity index (χ4v) is 0.835. The summed E-state index contributed by atoms with van der Waals surface area (Å²) in [5.74, 6) is -2.28. The molecular weight excluding hydrogens is 188 g/mol. The number of ether oxygens (including phenoxy) is 1. The van der Waals surface area contributed by atoms with Crippen LogP contribution in [0.1, 0.15) is 13.3 Å². The minimum absolute atomic E-state index is 0.368. The lowest BCUT2D eigenvalue weighted by Crippen LogP contribution is -2.43. The maximum Gasteiger partial charge on any atom is 0.374 e. The van der Waals surface area contributed by atoms with E-state index < -0.39 is 29.6 Å². The molecule has 0 aromatic heterocycles. The van der Waals surface area contributed by atoms with E-state index in [4.69, 9.17) is 11.5 Å². The monoisotopic (exact) mass is 202 g/mol. The summed E-state index contributed by atoms with van der Waals surface area (Å²) >= 11 is 0. The van der Waals surface area contributed by atoms with Crippen LogP contribution in [0.25, 0.3) is 0 Å². The molecule has 0 spiro atoms. The average molecular weight is 202 g/mol. The van der Waals surface area contributed by atoms with Gasteiger partial charge in [0.2, 0.25) is 5.78 Å². The van der Waals surface area contributed by atoms with Crippen molar-refractivity contribution in [2.45, 2.75) is 25.4 Å². The first-order valence-electron chi connectivity index (χ1n) is 4.06. The van der Waals surface area contributed by atoms with Gasteiger partial charge in [0, 0.05) is 6.42 Å². The number of methoxy groups -OCH3 is 1. The van der Waals surface area contributed by atoms with E-state index in [1.807, 2.05) is 0 Å². The zero-order valence-corrected chi connectivity index (χ0v) is 8.15. The largest absolute Gasteiger partial charge is 0.463 e. The number of rotatable bonds is 5. The predicted molar refractivity (Wildman–Crippen MR) is 48.3 cm³/mol. The Balaban J connectivity index is 4.19. The molecule has 0 aliphatic rings. The van der Waals surface area contributed by atoms with Crippen molar-refractivity contribution in [1.29, 1.82) is 0 Å². The van der Waals surface area contributed by atoms with Crippen LogP contribution in [0.4, 0.5) is 0 Å². The fourth-order valence-electron chi connectivity index (χ4n) is 0.835. The van der Waals surface area contributed by atoms with Crippen molar-refractivity contribution in [3.63, 3.8) is 0 Å². The zero-order valence-electron chi connectivity index (χ0n) is 8.15. The first-order chi connectivity index (χ1) is 6.40. The highest BCUT2D eigenvalue weighted by Crippen LogP contribution is 1.96. The molecule has 0 bridgehead atoms. The number of ketones is 2. The molecule has 0 aliphatic heterocycles. The second-order valence-corrected chi connectivity index (χ2v) is 2.92. The molecule has 6 heteroatoms. The van der Waals surface area contributed by atoms with E-state index in [9.17, 15) is 14.4 Å². The lowest BCUT2D eigenvalue weighted by Gasteiger charge is -2.10. The van der Waals surface area contributed by atoms with Crippen LogP contribution in [0, 0.1) is 0 Å². The highest BCUT2D eigenvalue weighted by atomic mass is 16.5. The van der Waals surface area contributed by atoms with Crippen molar-refractivity contribution < 1.29 is 19.1 Å². The lowest BCUT2D eigenvalue weighted by atomic mass is 10.0. The van der Waals surface area contributed by atoms with Gasteiger partial charge >= 0.3 is 5.97 Å². The van der Waals surface area contributed by atoms with Gasteiger partial charge < -0.3 is 16.2 Å². The van der Waals surface area contributed by atoms with Crippen LogP contribution in [0.5, 0.6) is 0 Å². The predicted octanol–water partition coefficient (Wildman–Crippen LogP) is -1.64. The molecule has 0 saturated heterocycles. The summed E-state index contributed by atoms with van der Waals surface area (Å²) in [6.45, 7) is 1.46. The molecule has 0 fully saturated rings. The van der Waals surface area contributed by atoms with Gasteiger partial charge in [-0.3, -0.25) is 9.59 Å². The van der Waals surface area contributed by atoms with Crippen LogP contribution >= 0.6 is 0 Å². The molecule has 0 radical (unpaired) electrons. The molecule has 0 aromatic rings. The minimum atomic E-state index is -1.04. The van der Waals surface area contributed by atoms with Gasteiger partial charge in [-0.15, -0.1) is 0 Å². The Kier molecular flexibility index (Phi) is 4.96. The van der Waals surface area contributed by atoms with Crippen LogP contribution in [-0.2, 0) is 19.1 Å². The Hall–Kier alpha value is -1.27. The van der Waals surface area contributed by atoms with E-state index >= 15 is 0 Å². The van der Waals surface area contributed by atoms with E-state index in [0.717, 1.165) is 7.11 Å². The van der Waals surface area contributed by atoms with Crippen molar-refractivity contribution in [1.82, 2.24) is 0 Å². The van der Waals surface area contributed by atoms with Crippen molar-refractivity contribution in [3.8, 4) is 0 Å². The number of hydrogen-bond acceptors (Lipinski definition) is 6. The molecule has 0 aromatic carbocycles. The summed E-state index contributed by atoms with van der Waals surface area (Å²) in [6.07, 6.45) is -0.368. The molecule has 0 rings (SSSR count). The summed E-state index contributed by atoms with van der Waals surface area (Å²) in [5.41, 5.74) is 10.6. The maximum atomic E-state index is 11.1. The smallest absolute Gasteiger partial charge is 0.374 e. The molecule has 0 aliphatic carbocycles. The number of nitrogens with two attached hydrogens (primary N) is 2. The first-order valence-corrected chi connectivity index (χ1v) is 4.06. The van der Waals surface area contributed by atoms with Gasteiger partial charge in [-0.05, 0) is 6.92 Å². The Morgan fingerprint density at radius 1 is 1.29 bits per heavy atom. The number of carbonyl (C=O) groups is 3. The molecule has 80 valence electrons. The standard InChI is InChI=1S/C8H14N2O4/c1-4(9)7(12)5(10)3-6(11)8(13)14-2/h4-5H,3,9-10H2,1-2H3. The molecule has 0 saturated carbocycles. The normalized spacial score (nSPS) is 14.3. The van der Waals surface area contributed by atoms with Gasteiger partial charge in [0.05, 0.1) is 19.2 Å². The Morgan fingerprint density at radius 2 is 1.79 bits per heavy atom. The number of carbonyl (C=O) groups excluding carboxylic acids is 3. The van der Waals surface area contributed by atoms with E-state index in [0.29, 0.717) is 0 Å². The SMILES string of the molecule is COC(=O)C(=O)CC(N)C(=O)C(C)N. The van der Waals surface area contributed by atoms with Crippen LogP contribution in [-0.4, -0.2) is 36.7 Å². The van der Waals surface area contributed by atoms with Gasteiger partial charge in [0.15, 0.2) is 5.78 Å². The quantitative estimate of drug-likeness (QED) is 0.408. The summed E-state index contributed by atoms with van der Waals surface area (Å²) in [4.78, 5) is 32.8. The van der Waals surface area contributed by atoms with E-state index in [-0.39, 0.29) is 6.42 Å². The number of hydrogen-bond donors (Lipinski definition) is 2. The maximum absolute atomic E-state index is 11.1. The van der Waals surface area contributed by atoms with Crippen LogP contribution in [0.15, 0.2) is 0 Å². The summed E-state index contributed by atoms with van der Waals surface area (Å²) in [7, 11) is 1.08. The van der Waals surface area contributed by atoms with Crippen LogP contribution < -0.4 is 11.5 Å². The number of Topliss-reactive ketones (excluding diaryl/α,β-unsaturated/α-hetero) is 2. The second kappa shape index (κ2) is 5.46. The molecule has 2 atom stereocenters.